The highest BCUT2D eigenvalue weighted by atomic mass is 35.5. The number of anilines is 1. The van der Waals surface area contributed by atoms with Crippen LogP contribution in [0.2, 0.25) is 5.15 Å². The third-order valence-electron chi connectivity index (χ3n) is 2.04. The predicted octanol–water partition coefficient (Wildman–Crippen LogP) is 1.38. The molecular weight excluding hydrogens is 230 g/mol. The molecule has 1 aliphatic heterocycles. The molecule has 1 aromatic heterocycles. The predicted molar refractivity (Wildman–Crippen MR) is 58.5 cm³/mol. The third kappa shape index (κ3) is 1.90. The molecule has 0 spiro atoms. The lowest BCUT2D eigenvalue weighted by molar-refractivity contribution is -0.135. The van der Waals surface area contributed by atoms with E-state index in [2.05, 4.69) is 10.4 Å². The lowest BCUT2D eigenvalue weighted by Gasteiger charge is -2.15. The number of carbonyl (C=O) groups excluding carboxylic acids is 2. The minimum absolute atomic E-state index is 0.286. The van der Waals surface area contributed by atoms with Crippen molar-refractivity contribution in [2.75, 3.05) is 5.43 Å². The van der Waals surface area contributed by atoms with E-state index in [9.17, 15) is 9.59 Å². The van der Waals surface area contributed by atoms with Crippen molar-refractivity contribution in [1.82, 2.24) is 9.99 Å². The van der Waals surface area contributed by atoms with Gasteiger partial charge in [0.2, 0.25) is 0 Å². The van der Waals surface area contributed by atoms with E-state index >= 15 is 0 Å². The third-order valence-corrected chi connectivity index (χ3v) is 2.25. The van der Waals surface area contributed by atoms with Crippen molar-refractivity contribution in [2.45, 2.75) is 6.92 Å². The lowest BCUT2D eigenvalue weighted by atomic mass is 10.3. The molecule has 0 bridgehead atoms. The summed E-state index contributed by atoms with van der Waals surface area (Å²) in [6.07, 6.45) is 1.26. The summed E-state index contributed by atoms with van der Waals surface area (Å²) in [7, 11) is 0. The lowest BCUT2D eigenvalue weighted by Crippen LogP contribution is -2.36. The van der Waals surface area contributed by atoms with Crippen LogP contribution >= 0.6 is 11.6 Å². The van der Waals surface area contributed by atoms with Crippen LogP contribution in [0.25, 0.3) is 0 Å². The first-order chi connectivity index (χ1) is 7.58. The normalized spacial score (nSPS) is 15.4. The number of amides is 2. The quantitative estimate of drug-likeness (QED) is 0.624. The first kappa shape index (κ1) is 10.6. The Hall–Kier alpha value is -1.88. The van der Waals surface area contributed by atoms with Gasteiger partial charge in [0.05, 0.1) is 0 Å². The Labute approximate surface area is 96.7 Å². The van der Waals surface area contributed by atoms with Crippen molar-refractivity contribution in [3.8, 4) is 0 Å². The number of imide groups is 1. The summed E-state index contributed by atoms with van der Waals surface area (Å²) in [5, 5.41) is 1.18. The van der Waals surface area contributed by atoms with Gasteiger partial charge < -0.3 is 0 Å². The van der Waals surface area contributed by atoms with Gasteiger partial charge in [-0.2, -0.15) is 5.01 Å². The van der Waals surface area contributed by atoms with Crippen LogP contribution in [-0.4, -0.2) is 21.8 Å². The molecule has 1 aromatic rings. The van der Waals surface area contributed by atoms with Crippen LogP contribution in [0, 0.1) is 0 Å². The zero-order valence-corrected chi connectivity index (χ0v) is 9.15. The summed E-state index contributed by atoms with van der Waals surface area (Å²) < 4.78 is 0. The molecular formula is C10H8ClN3O2. The van der Waals surface area contributed by atoms with Crippen molar-refractivity contribution in [2.24, 2.45) is 0 Å². The van der Waals surface area contributed by atoms with Gasteiger partial charge in [0.1, 0.15) is 11.0 Å². The van der Waals surface area contributed by atoms with E-state index in [1.54, 1.807) is 25.1 Å². The van der Waals surface area contributed by atoms with Crippen molar-refractivity contribution in [3.63, 3.8) is 0 Å². The Balaban J connectivity index is 2.18. The van der Waals surface area contributed by atoms with Crippen LogP contribution in [0.1, 0.15) is 6.92 Å². The minimum Gasteiger partial charge on any atom is -0.271 e. The number of nitrogens with zero attached hydrogens (tertiary/aromatic N) is 2. The number of hydrogen-bond acceptors (Lipinski definition) is 4. The molecule has 82 valence electrons. The van der Waals surface area contributed by atoms with E-state index in [-0.39, 0.29) is 11.1 Å². The van der Waals surface area contributed by atoms with Crippen LogP contribution in [0.15, 0.2) is 29.8 Å². The molecule has 2 amide bonds. The SMILES string of the molecule is CC1=CC(=O)N(Nc2cccc(Cl)n2)C1=O. The van der Waals surface area contributed by atoms with Gasteiger partial charge in [0.25, 0.3) is 11.8 Å². The molecule has 1 aliphatic rings. The van der Waals surface area contributed by atoms with E-state index < -0.39 is 5.91 Å². The van der Waals surface area contributed by atoms with E-state index in [4.69, 9.17) is 11.6 Å². The van der Waals surface area contributed by atoms with E-state index in [1.165, 1.54) is 6.08 Å². The largest absolute Gasteiger partial charge is 0.275 e. The molecule has 0 saturated heterocycles. The van der Waals surface area contributed by atoms with Crippen LogP contribution < -0.4 is 5.43 Å². The van der Waals surface area contributed by atoms with Gasteiger partial charge in [-0.1, -0.05) is 17.7 Å². The highest BCUT2D eigenvalue weighted by Gasteiger charge is 2.28. The van der Waals surface area contributed by atoms with Gasteiger partial charge in [-0.25, -0.2) is 4.98 Å². The number of rotatable bonds is 2. The summed E-state index contributed by atoms with van der Waals surface area (Å²) in [6.45, 7) is 1.58. The molecule has 0 unspecified atom stereocenters. The first-order valence-electron chi connectivity index (χ1n) is 4.54. The number of carbonyl (C=O) groups is 2. The van der Waals surface area contributed by atoms with Crippen molar-refractivity contribution < 1.29 is 9.59 Å². The fraction of sp³-hybridized carbons (Fsp3) is 0.100. The second-order valence-electron chi connectivity index (χ2n) is 3.26. The van der Waals surface area contributed by atoms with E-state index in [1.807, 2.05) is 0 Å². The molecule has 0 aromatic carbocycles. The molecule has 6 heteroatoms. The van der Waals surface area contributed by atoms with Gasteiger partial charge in [0, 0.05) is 11.6 Å². The number of aromatic nitrogens is 1. The Morgan fingerprint density at radius 2 is 2.12 bits per heavy atom. The summed E-state index contributed by atoms with van der Waals surface area (Å²) >= 11 is 5.68. The maximum absolute atomic E-state index is 11.5. The zero-order valence-electron chi connectivity index (χ0n) is 8.40. The molecule has 5 nitrogen and oxygen atoms in total. The summed E-state index contributed by atoms with van der Waals surface area (Å²) in [6, 6.07) is 4.88. The van der Waals surface area contributed by atoms with Gasteiger partial charge in [0.15, 0.2) is 0 Å². The topological polar surface area (TPSA) is 62.3 Å². The van der Waals surface area contributed by atoms with Gasteiger partial charge in [-0.15, -0.1) is 0 Å². The number of nitrogens with one attached hydrogen (secondary N) is 1. The number of pyridine rings is 1. The summed E-state index contributed by atoms with van der Waals surface area (Å²) in [4.78, 5) is 26.8. The van der Waals surface area contributed by atoms with Crippen LogP contribution in [0.4, 0.5) is 5.82 Å². The standard InChI is InChI=1S/C10H8ClN3O2/c1-6-5-9(15)14(10(6)16)13-8-4-2-3-7(11)12-8/h2-5H,1H3,(H,12,13). The molecule has 2 rings (SSSR count). The molecule has 16 heavy (non-hydrogen) atoms. The first-order valence-corrected chi connectivity index (χ1v) is 4.91. The summed E-state index contributed by atoms with van der Waals surface area (Å²) in [5.41, 5.74) is 2.99. The maximum atomic E-state index is 11.5. The Morgan fingerprint density at radius 3 is 2.69 bits per heavy atom. The van der Waals surface area contributed by atoms with Crippen molar-refractivity contribution >= 4 is 29.2 Å². The minimum atomic E-state index is -0.413. The highest BCUT2D eigenvalue weighted by molar-refractivity contribution is 6.29. The number of halogens is 1. The van der Waals surface area contributed by atoms with Crippen molar-refractivity contribution in [1.29, 1.82) is 0 Å². The highest BCUT2D eigenvalue weighted by Crippen LogP contribution is 2.15. The molecule has 0 aliphatic carbocycles. The zero-order chi connectivity index (χ0) is 11.7. The fourth-order valence-corrected chi connectivity index (χ4v) is 1.44. The van der Waals surface area contributed by atoms with Gasteiger partial charge >= 0.3 is 0 Å². The fourth-order valence-electron chi connectivity index (χ4n) is 1.28. The summed E-state index contributed by atoms with van der Waals surface area (Å²) in [5.74, 6) is -0.451. The number of hydrogen-bond donors (Lipinski definition) is 1. The molecule has 0 saturated carbocycles. The molecule has 0 fully saturated rings. The van der Waals surface area contributed by atoms with Crippen LogP contribution in [-0.2, 0) is 9.59 Å². The second-order valence-corrected chi connectivity index (χ2v) is 3.65. The molecule has 1 N–H and O–H groups in total. The smallest absolute Gasteiger partial charge is 0.271 e. The van der Waals surface area contributed by atoms with Crippen LogP contribution in [0.5, 0.6) is 0 Å². The Kier molecular flexibility index (Phi) is 2.62. The maximum Gasteiger partial charge on any atom is 0.275 e. The average molecular weight is 238 g/mol. The molecule has 2 heterocycles. The van der Waals surface area contributed by atoms with Gasteiger partial charge in [-0.3, -0.25) is 15.0 Å². The second kappa shape index (κ2) is 3.94. The van der Waals surface area contributed by atoms with Crippen LogP contribution in [0.3, 0.4) is 0 Å². The number of hydrazine groups is 1. The monoisotopic (exact) mass is 237 g/mol. The van der Waals surface area contributed by atoms with E-state index in [0.29, 0.717) is 11.4 Å². The van der Waals surface area contributed by atoms with E-state index in [0.717, 1.165) is 5.01 Å². The van der Waals surface area contributed by atoms with Crippen molar-refractivity contribution in [3.05, 3.63) is 35.0 Å². The Morgan fingerprint density at radius 1 is 1.38 bits per heavy atom. The molecule has 0 atom stereocenters. The van der Waals surface area contributed by atoms with Gasteiger partial charge in [-0.05, 0) is 19.1 Å². The molecule has 0 radical (unpaired) electrons. The average Bonchev–Trinajstić information content (AvgIpc) is 2.45. The Bertz CT molecular complexity index is 499.